The van der Waals surface area contributed by atoms with Gasteiger partial charge < -0.3 is 15.7 Å². The Hall–Kier alpha value is -3.22. The Morgan fingerprint density at radius 1 is 1.00 bits per heavy atom. The molecular formula is C21H23FN2O4. The van der Waals surface area contributed by atoms with E-state index in [1.807, 2.05) is 31.2 Å². The zero-order valence-electron chi connectivity index (χ0n) is 15.6. The van der Waals surface area contributed by atoms with Crippen molar-refractivity contribution in [2.75, 3.05) is 6.54 Å². The van der Waals surface area contributed by atoms with Gasteiger partial charge in [-0.25, -0.2) is 4.39 Å². The topological polar surface area (TPSA) is 95.5 Å². The van der Waals surface area contributed by atoms with Gasteiger partial charge in [0.2, 0.25) is 11.8 Å². The van der Waals surface area contributed by atoms with Crippen LogP contribution in [-0.2, 0) is 20.8 Å². The molecule has 1 atom stereocenters. The molecule has 0 aliphatic rings. The van der Waals surface area contributed by atoms with Crippen molar-refractivity contribution in [2.24, 2.45) is 0 Å². The standard InChI is InChI=1S/C21H23FN2O4/c1-14-2-4-15(5-3-14)6-11-19(25)23-13-20(26)24-18(12-21(27)28)16-7-9-17(22)10-8-16/h2-5,7-10,18H,6,11-13H2,1H3,(H,23,25)(H,24,26)(H,27,28). The summed E-state index contributed by atoms with van der Waals surface area (Å²) in [5, 5.41) is 14.1. The minimum atomic E-state index is -1.10. The number of benzene rings is 2. The lowest BCUT2D eigenvalue weighted by atomic mass is 10.0. The second-order valence-electron chi connectivity index (χ2n) is 6.53. The lowest BCUT2D eigenvalue weighted by Gasteiger charge is -2.17. The number of carboxylic acids is 1. The summed E-state index contributed by atoms with van der Waals surface area (Å²) in [6.45, 7) is 1.72. The molecule has 2 aromatic rings. The highest BCUT2D eigenvalue weighted by atomic mass is 19.1. The van der Waals surface area contributed by atoms with E-state index < -0.39 is 23.7 Å². The molecule has 0 bridgehead atoms. The van der Waals surface area contributed by atoms with E-state index in [1.54, 1.807) is 0 Å². The van der Waals surface area contributed by atoms with Gasteiger partial charge in [-0.2, -0.15) is 0 Å². The molecule has 0 spiro atoms. The van der Waals surface area contributed by atoms with Gasteiger partial charge in [0.25, 0.3) is 0 Å². The molecule has 0 aliphatic heterocycles. The zero-order valence-corrected chi connectivity index (χ0v) is 15.6. The predicted octanol–water partition coefficient (Wildman–Crippen LogP) is 2.52. The Bertz CT molecular complexity index is 819. The maximum atomic E-state index is 13.0. The normalized spacial score (nSPS) is 11.5. The molecule has 2 rings (SSSR count). The lowest BCUT2D eigenvalue weighted by molar-refractivity contribution is -0.138. The average Bonchev–Trinajstić information content (AvgIpc) is 2.65. The van der Waals surface area contributed by atoms with E-state index in [0.29, 0.717) is 12.0 Å². The molecule has 0 fully saturated rings. The summed E-state index contributed by atoms with van der Waals surface area (Å²) in [7, 11) is 0. The Balaban J connectivity index is 1.82. The fraction of sp³-hybridized carbons (Fsp3) is 0.286. The van der Waals surface area contributed by atoms with Crippen molar-refractivity contribution in [3.05, 3.63) is 71.0 Å². The van der Waals surface area contributed by atoms with Gasteiger partial charge in [-0.05, 0) is 36.6 Å². The van der Waals surface area contributed by atoms with Crippen LogP contribution < -0.4 is 10.6 Å². The van der Waals surface area contributed by atoms with Gasteiger partial charge in [-0.3, -0.25) is 14.4 Å². The molecule has 0 heterocycles. The minimum Gasteiger partial charge on any atom is -0.481 e. The van der Waals surface area contributed by atoms with Crippen molar-refractivity contribution in [1.29, 1.82) is 0 Å². The van der Waals surface area contributed by atoms with E-state index in [1.165, 1.54) is 24.3 Å². The summed E-state index contributed by atoms with van der Waals surface area (Å²) >= 11 is 0. The van der Waals surface area contributed by atoms with Crippen LogP contribution in [0.2, 0.25) is 0 Å². The molecule has 0 saturated carbocycles. The first-order valence-electron chi connectivity index (χ1n) is 8.92. The molecule has 1 unspecified atom stereocenters. The van der Waals surface area contributed by atoms with Crippen LogP contribution in [0.1, 0.15) is 35.6 Å². The lowest BCUT2D eigenvalue weighted by Crippen LogP contribution is -2.39. The van der Waals surface area contributed by atoms with E-state index in [4.69, 9.17) is 5.11 Å². The molecule has 0 radical (unpaired) electrons. The third-order valence-electron chi connectivity index (χ3n) is 4.19. The molecule has 7 heteroatoms. The number of aliphatic carboxylic acids is 1. The summed E-state index contributed by atoms with van der Waals surface area (Å²) in [6.07, 6.45) is 0.455. The first-order valence-corrected chi connectivity index (χ1v) is 8.92. The number of halogens is 1. The Labute approximate surface area is 162 Å². The van der Waals surface area contributed by atoms with Crippen molar-refractivity contribution >= 4 is 17.8 Å². The van der Waals surface area contributed by atoms with Crippen molar-refractivity contribution in [3.63, 3.8) is 0 Å². The number of rotatable bonds is 9. The van der Waals surface area contributed by atoms with Crippen LogP contribution in [0, 0.1) is 12.7 Å². The fourth-order valence-corrected chi connectivity index (χ4v) is 2.65. The molecular weight excluding hydrogens is 363 g/mol. The number of aryl methyl sites for hydroxylation is 2. The monoisotopic (exact) mass is 386 g/mol. The maximum absolute atomic E-state index is 13.0. The smallest absolute Gasteiger partial charge is 0.305 e. The number of hydrogen-bond donors (Lipinski definition) is 3. The molecule has 0 aliphatic carbocycles. The third kappa shape index (κ3) is 7.19. The fourth-order valence-electron chi connectivity index (χ4n) is 2.65. The molecule has 2 amide bonds. The summed E-state index contributed by atoms with van der Waals surface area (Å²) < 4.78 is 13.0. The predicted molar refractivity (Wildman–Crippen MR) is 102 cm³/mol. The molecule has 0 saturated heterocycles. The SMILES string of the molecule is Cc1ccc(CCC(=O)NCC(=O)NC(CC(=O)O)c2ccc(F)cc2)cc1. The summed E-state index contributed by atoms with van der Waals surface area (Å²) in [4.78, 5) is 35.1. The first-order chi connectivity index (χ1) is 13.3. The zero-order chi connectivity index (χ0) is 20.5. The van der Waals surface area contributed by atoms with Crippen LogP contribution in [0.15, 0.2) is 48.5 Å². The number of hydrogen-bond acceptors (Lipinski definition) is 3. The van der Waals surface area contributed by atoms with Crippen molar-refractivity contribution in [1.82, 2.24) is 10.6 Å². The molecule has 2 aromatic carbocycles. The quantitative estimate of drug-likeness (QED) is 0.617. The van der Waals surface area contributed by atoms with E-state index >= 15 is 0 Å². The van der Waals surface area contributed by atoms with Crippen molar-refractivity contribution in [3.8, 4) is 0 Å². The number of carboxylic acid groups (broad SMARTS) is 1. The van der Waals surface area contributed by atoms with Crippen molar-refractivity contribution < 1.29 is 23.9 Å². The Kier molecular flexibility index (Phi) is 7.68. The third-order valence-corrected chi connectivity index (χ3v) is 4.19. The molecule has 3 N–H and O–H groups in total. The Morgan fingerprint density at radius 3 is 2.25 bits per heavy atom. The van der Waals surface area contributed by atoms with Crippen LogP contribution >= 0.6 is 0 Å². The van der Waals surface area contributed by atoms with Gasteiger partial charge in [0.05, 0.1) is 19.0 Å². The van der Waals surface area contributed by atoms with Crippen LogP contribution in [0.5, 0.6) is 0 Å². The minimum absolute atomic E-state index is 0.243. The van der Waals surface area contributed by atoms with Crippen LogP contribution in [0.3, 0.4) is 0 Å². The summed E-state index contributed by atoms with van der Waals surface area (Å²) in [6, 6.07) is 12.3. The highest BCUT2D eigenvalue weighted by Gasteiger charge is 2.18. The average molecular weight is 386 g/mol. The molecule has 6 nitrogen and oxygen atoms in total. The van der Waals surface area contributed by atoms with Gasteiger partial charge in [-0.15, -0.1) is 0 Å². The highest BCUT2D eigenvalue weighted by molar-refractivity contribution is 5.85. The van der Waals surface area contributed by atoms with Gasteiger partial charge in [-0.1, -0.05) is 42.0 Å². The highest BCUT2D eigenvalue weighted by Crippen LogP contribution is 2.17. The summed E-state index contributed by atoms with van der Waals surface area (Å²) in [5.74, 6) is -2.34. The maximum Gasteiger partial charge on any atom is 0.305 e. The molecule has 0 aromatic heterocycles. The molecule has 148 valence electrons. The summed E-state index contributed by atoms with van der Waals surface area (Å²) in [5.41, 5.74) is 2.65. The van der Waals surface area contributed by atoms with Gasteiger partial charge in [0.15, 0.2) is 0 Å². The largest absolute Gasteiger partial charge is 0.481 e. The van der Waals surface area contributed by atoms with E-state index in [9.17, 15) is 18.8 Å². The van der Waals surface area contributed by atoms with E-state index in [2.05, 4.69) is 10.6 Å². The Morgan fingerprint density at radius 2 is 1.64 bits per heavy atom. The second-order valence-corrected chi connectivity index (χ2v) is 6.53. The molecule has 28 heavy (non-hydrogen) atoms. The second kappa shape index (κ2) is 10.2. The van der Waals surface area contributed by atoms with Crippen LogP contribution in [-0.4, -0.2) is 29.4 Å². The number of amides is 2. The van der Waals surface area contributed by atoms with Gasteiger partial charge >= 0.3 is 5.97 Å². The van der Waals surface area contributed by atoms with E-state index in [0.717, 1.165) is 11.1 Å². The van der Waals surface area contributed by atoms with Gasteiger partial charge in [0.1, 0.15) is 5.82 Å². The number of nitrogens with one attached hydrogen (secondary N) is 2. The van der Waals surface area contributed by atoms with Gasteiger partial charge in [0, 0.05) is 6.42 Å². The number of carbonyl (C=O) groups is 3. The van der Waals surface area contributed by atoms with Crippen LogP contribution in [0.4, 0.5) is 4.39 Å². The first kappa shape index (κ1) is 21.1. The van der Waals surface area contributed by atoms with E-state index in [-0.39, 0.29) is 25.3 Å². The van der Waals surface area contributed by atoms with Crippen LogP contribution in [0.25, 0.3) is 0 Å². The number of carbonyl (C=O) groups excluding carboxylic acids is 2. The van der Waals surface area contributed by atoms with Crippen molar-refractivity contribution in [2.45, 2.75) is 32.2 Å².